The third-order valence-electron chi connectivity index (χ3n) is 3.23. The van der Waals surface area contributed by atoms with Crippen molar-refractivity contribution >= 4 is 26.0 Å². The number of benzene rings is 1. The molecule has 1 aliphatic carbocycles. The fraction of sp³-hybridized carbons (Fsp3) is 0.500. The summed E-state index contributed by atoms with van der Waals surface area (Å²) < 4.78 is 26.7. The van der Waals surface area contributed by atoms with Crippen molar-refractivity contribution in [3.8, 4) is 0 Å². The molecule has 0 unspecified atom stereocenters. The van der Waals surface area contributed by atoms with E-state index in [2.05, 4.69) is 15.9 Å². The largest absolute Gasteiger partial charge is 0.393 e. The molecule has 1 aromatic rings. The lowest BCUT2D eigenvalue weighted by atomic mass is 9.82. The quantitative estimate of drug-likeness (QED) is 0.914. The van der Waals surface area contributed by atoms with Crippen molar-refractivity contribution in [2.75, 3.05) is 13.6 Å². The third kappa shape index (κ3) is 2.93. The zero-order valence-corrected chi connectivity index (χ0v) is 12.5. The van der Waals surface area contributed by atoms with E-state index in [0.717, 1.165) is 4.47 Å². The summed E-state index contributed by atoms with van der Waals surface area (Å²) in [5.41, 5.74) is 0. The summed E-state index contributed by atoms with van der Waals surface area (Å²) in [4.78, 5) is 0.291. The van der Waals surface area contributed by atoms with Gasteiger partial charge in [-0.3, -0.25) is 0 Å². The van der Waals surface area contributed by atoms with Crippen LogP contribution in [0.4, 0.5) is 0 Å². The van der Waals surface area contributed by atoms with Gasteiger partial charge in [0, 0.05) is 18.1 Å². The molecule has 1 fully saturated rings. The second kappa shape index (κ2) is 5.28. The number of nitrogens with zero attached hydrogens (tertiary/aromatic N) is 1. The molecule has 1 aliphatic rings. The normalized spacial score (nSPS) is 24.0. The van der Waals surface area contributed by atoms with Crippen LogP contribution in [-0.4, -0.2) is 37.5 Å². The number of hydrogen-bond donors (Lipinski definition) is 1. The van der Waals surface area contributed by atoms with Crippen molar-refractivity contribution in [1.29, 1.82) is 0 Å². The van der Waals surface area contributed by atoms with Crippen LogP contribution in [0.3, 0.4) is 0 Å². The maximum Gasteiger partial charge on any atom is 0.242 e. The Hall–Kier alpha value is -0.430. The van der Waals surface area contributed by atoms with E-state index in [1.807, 2.05) is 0 Å². The summed E-state index contributed by atoms with van der Waals surface area (Å²) in [6.45, 7) is 0.464. The Bertz CT molecular complexity index is 526. The summed E-state index contributed by atoms with van der Waals surface area (Å²) in [6.07, 6.45) is 1.13. The molecule has 0 atom stereocenters. The summed E-state index contributed by atoms with van der Waals surface area (Å²) in [7, 11) is -1.84. The first-order chi connectivity index (χ1) is 8.39. The molecular formula is C12H16BrNO3S. The van der Waals surface area contributed by atoms with E-state index in [0.29, 0.717) is 24.3 Å². The Morgan fingerprint density at radius 2 is 2.11 bits per heavy atom. The van der Waals surface area contributed by atoms with E-state index < -0.39 is 10.0 Å². The second-order valence-electron chi connectivity index (χ2n) is 4.73. The summed E-state index contributed by atoms with van der Waals surface area (Å²) >= 11 is 3.27. The molecule has 0 aliphatic heterocycles. The fourth-order valence-electron chi connectivity index (χ4n) is 2.12. The first-order valence-corrected chi connectivity index (χ1v) is 8.03. The van der Waals surface area contributed by atoms with Gasteiger partial charge in [0.15, 0.2) is 0 Å². The third-order valence-corrected chi connectivity index (χ3v) is 5.54. The van der Waals surface area contributed by atoms with E-state index in [4.69, 9.17) is 0 Å². The number of rotatable bonds is 4. The Balaban J connectivity index is 2.10. The van der Waals surface area contributed by atoms with Crippen LogP contribution in [0, 0.1) is 5.92 Å². The molecule has 1 saturated carbocycles. The first kappa shape index (κ1) is 14.0. The standard InChI is InChI=1S/C12H16BrNO3S/c1-14(8-9-5-11(15)6-9)18(16,17)12-4-2-3-10(13)7-12/h2-4,7,9,11,15H,5-6,8H2,1H3. The van der Waals surface area contributed by atoms with E-state index in [9.17, 15) is 13.5 Å². The second-order valence-corrected chi connectivity index (χ2v) is 7.69. The molecule has 0 amide bonds. The van der Waals surface area contributed by atoms with E-state index in [-0.39, 0.29) is 12.0 Å². The lowest BCUT2D eigenvalue weighted by molar-refractivity contribution is 0.0367. The van der Waals surface area contributed by atoms with Gasteiger partial charge in [0.1, 0.15) is 0 Å². The van der Waals surface area contributed by atoms with E-state index in [1.54, 1.807) is 31.3 Å². The van der Waals surface area contributed by atoms with Gasteiger partial charge in [0.25, 0.3) is 0 Å². The monoisotopic (exact) mass is 333 g/mol. The molecule has 0 aromatic heterocycles. The highest BCUT2D eigenvalue weighted by Gasteiger charge is 2.31. The van der Waals surface area contributed by atoms with Crippen LogP contribution in [0.15, 0.2) is 33.6 Å². The smallest absolute Gasteiger partial charge is 0.242 e. The van der Waals surface area contributed by atoms with Crippen molar-refractivity contribution in [2.24, 2.45) is 5.92 Å². The van der Waals surface area contributed by atoms with Crippen molar-refractivity contribution in [1.82, 2.24) is 4.31 Å². The average Bonchev–Trinajstić information content (AvgIpc) is 2.26. The molecule has 18 heavy (non-hydrogen) atoms. The molecule has 0 spiro atoms. The zero-order valence-electron chi connectivity index (χ0n) is 10.1. The van der Waals surface area contributed by atoms with Gasteiger partial charge >= 0.3 is 0 Å². The van der Waals surface area contributed by atoms with Gasteiger partial charge in [-0.05, 0) is 37.0 Å². The highest BCUT2D eigenvalue weighted by Crippen LogP contribution is 2.29. The summed E-state index contributed by atoms with van der Waals surface area (Å²) in [5.74, 6) is 0.270. The van der Waals surface area contributed by atoms with E-state index in [1.165, 1.54) is 4.31 Å². The number of aliphatic hydroxyl groups is 1. The van der Waals surface area contributed by atoms with Gasteiger partial charge in [-0.25, -0.2) is 12.7 Å². The minimum atomic E-state index is -3.43. The molecule has 1 N–H and O–H groups in total. The van der Waals surface area contributed by atoms with Crippen LogP contribution < -0.4 is 0 Å². The highest BCUT2D eigenvalue weighted by molar-refractivity contribution is 9.10. The van der Waals surface area contributed by atoms with Crippen LogP contribution in [0.2, 0.25) is 0 Å². The minimum absolute atomic E-state index is 0.253. The maximum absolute atomic E-state index is 12.3. The Morgan fingerprint density at radius 1 is 1.44 bits per heavy atom. The fourth-order valence-corrected chi connectivity index (χ4v) is 3.96. The van der Waals surface area contributed by atoms with Gasteiger partial charge in [-0.1, -0.05) is 22.0 Å². The molecular weight excluding hydrogens is 318 g/mol. The first-order valence-electron chi connectivity index (χ1n) is 5.79. The van der Waals surface area contributed by atoms with Crippen LogP contribution in [0.1, 0.15) is 12.8 Å². The molecule has 0 saturated heterocycles. The van der Waals surface area contributed by atoms with Crippen molar-refractivity contribution in [2.45, 2.75) is 23.8 Å². The van der Waals surface area contributed by atoms with Gasteiger partial charge in [-0.2, -0.15) is 0 Å². The maximum atomic E-state index is 12.3. The highest BCUT2D eigenvalue weighted by atomic mass is 79.9. The summed E-state index contributed by atoms with van der Waals surface area (Å²) in [6, 6.07) is 6.69. The molecule has 100 valence electrons. The lowest BCUT2D eigenvalue weighted by Gasteiger charge is -2.34. The van der Waals surface area contributed by atoms with Gasteiger partial charge < -0.3 is 5.11 Å². The van der Waals surface area contributed by atoms with Crippen LogP contribution in [0.5, 0.6) is 0 Å². The van der Waals surface area contributed by atoms with Gasteiger partial charge in [0.2, 0.25) is 10.0 Å². The lowest BCUT2D eigenvalue weighted by Crippen LogP contribution is -2.39. The van der Waals surface area contributed by atoms with Crippen LogP contribution in [-0.2, 0) is 10.0 Å². The van der Waals surface area contributed by atoms with Gasteiger partial charge in [-0.15, -0.1) is 0 Å². The average molecular weight is 334 g/mol. The van der Waals surface area contributed by atoms with Crippen molar-refractivity contribution in [3.05, 3.63) is 28.7 Å². The van der Waals surface area contributed by atoms with Gasteiger partial charge in [0.05, 0.1) is 11.0 Å². The Kier molecular flexibility index (Phi) is 4.11. The minimum Gasteiger partial charge on any atom is -0.393 e. The zero-order chi connectivity index (χ0) is 13.3. The molecule has 0 radical (unpaired) electrons. The van der Waals surface area contributed by atoms with E-state index >= 15 is 0 Å². The Morgan fingerprint density at radius 3 is 2.67 bits per heavy atom. The number of sulfonamides is 1. The number of aliphatic hydroxyl groups excluding tert-OH is 1. The van der Waals surface area contributed by atoms with Crippen molar-refractivity contribution < 1.29 is 13.5 Å². The predicted octanol–water partition coefficient (Wildman–Crippen LogP) is 1.84. The molecule has 2 rings (SSSR count). The molecule has 4 nitrogen and oxygen atoms in total. The topological polar surface area (TPSA) is 57.6 Å². The van der Waals surface area contributed by atoms with Crippen molar-refractivity contribution in [3.63, 3.8) is 0 Å². The molecule has 1 aromatic carbocycles. The molecule has 6 heteroatoms. The predicted molar refractivity (Wildman–Crippen MR) is 72.7 cm³/mol. The molecule has 0 heterocycles. The van der Waals surface area contributed by atoms with Crippen LogP contribution >= 0.6 is 15.9 Å². The Labute approximate surface area is 116 Å². The number of halogens is 1. The number of hydrogen-bond acceptors (Lipinski definition) is 3. The molecule has 0 bridgehead atoms. The van der Waals surface area contributed by atoms with Crippen LogP contribution in [0.25, 0.3) is 0 Å². The SMILES string of the molecule is CN(CC1CC(O)C1)S(=O)(=O)c1cccc(Br)c1. The summed E-state index contributed by atoms with van der Waals surface area (Å²) in [5, 5.41) is 9.21.